The van der Waals surface area contributed by atoms with Crippen LogP contribution in [0.4, 0.5) is 0 Å². The fourth-order valence-corrected chi connectivity index (χ4v) is 7.38. The van der Waals surface area contributed by atoms with Crippen LogP contribution in [-0.4, -0.2) is 96.6 Å². The molecule has 0 bridgehead atoms. The predicted molar refractivity (Wildman–Crippen MR) is 227 cm³/mol. The molecule has 2 aliphatic heterocycles. The highest BCUT2D eigenvalue weighted by molar-refractivity contribution is 5.95. The summed E-state index contributed by atoms with van der Waals surface area (Å²) in [5, 5.41) is 15.3. The standard InChI is InChI=1S/C48H54N2O13/c1-46(2,3)62-40(54)23-21-35(28-51)50-38(52)24-25-49-43(55)32-26-36(41-37(27-32)61-48(63-41,33-12-8-6-9-13-33)34-14-10-7-11-15-34)59-44(56)31-19-16-30(17-20-31)18-22-39(53)60-42-45(57)58-29-47(42,4)5/h6-20,22,27,35-37,41-42,51H,21,23-26,28-29H2,1-5H3,(H,49,55)(H,50,52). The zero-order valence-electron chi connectivity index (χ0n) is 36.0. The second kappa shape index (κ2) is 19.9. The van der Waals surface area contributed by atoms with E-state index in [0.717, 1.165) is 0 Å². The molecule has 1 aliphatic carbocycles. The molecule has 15 nitrogen and oxygen atoms in total. The zero-order valence-corrected chi connectivity index (χ0v) is 36.0. The first-order valence-electron chi connectivity index (χ1n) is 20.9. The maximum Gasteiger partial charge on any atom is 0.348 e. The number of amides is 2. The van der Waals surface area contributed by atoms with Gasteiger partial charge in [-0.25, -0.2) is 14.4 Å². The minimum absolute atomic E-state index is 0.00456. The summed E-state index contributed by atoms with van der Waals surface area (Å²) in [6, 6.07) is 24.2. The third-order valence-electron chi connectivity index (χ3n) is 10.6. The van der Waals surface area contributed by atoms with Gasteiger partial charge in [0.05, 0.1) is 18.2 Å². The van der Waals surface area contributed by atoms with Crippen LogP contribution in [0, 0.1) is 5.41 Å². The minimum Gasteiger partial charge on any atom is -0.462 e. The molecule has 3 aromatic carbocycles. The molecule has 2 amide bonds. The van der Waals surface area contributed by atoms with Gasteiger partial charge in [0, 0.05) is 54.0 Å². The number of benzene rings is 3. The third kappa shape index (κ3) is 11.9. The Morgan fingerprint density at radius 2 is 1.54 bits per heavy atom. The molecule has 3 aliphatic rings. The second-order valence-electron chi connectivity index (χ2n) is 17.3. The van der Waals surface area contributed by atoms with Crippen molar-refractivity contribution in [3.05, 3.63) is 125 Å². The van der Waals surface area contributed by atoms with Gasteiger partial charge in [0.1, 0.15) is 30.5 Å². The lowest BCUT2D eigenvalue weighted by atomic mass is 9.90. The average Bonchev–Trinajstić information content (AvgIpc) is 3.78. The summed E-state index contributed by atoms with van der Waals surface area (Å²) < 4.78 is 35.4. The number of ether oxygens (including phenoxy) is 6. The van der Waals surface area contributed by atoms with Crippen LogP contribution in [0.5, 0.6) is 0 Å². The van der Waals surface area contributed by atoms with E-state index in [1.165, 1.54) is 24.3 Å². The third-order valence-corrected chi connectivity index (χ3v) is 10.6. The molecule has 0 spiro atoms. The number of aliphatic hydroxyl groups is 1. The van der Waals surface area contributed by atoms with Crippen LogP contribution >= 0.6 is 0 Å². The van der Waals surface area contributed by atoms with Crippen LogP contribution in [-0.2, 0) is 58.2 Å². The van der Waals surface area contributed by atoms with Crippen molar-refractivity contribution in [2.24, 2.45) is 5.41 Å². The van der Waals surface area contributed by atoms with Gasteiger partial charge < -0.3 is 44.2 Å². The van der Waals surface area contributed by atoms with E-state index < -0.39 is 83.0 Å². The predicted octanol–water partition coefficient (Wildman–Crippen LogP) is 4.84. The monoisotopic (exact) mass is 866 g/mol. The molecule has 63 heavy (non-hydrogen) atoms. The number of hydrogen-bond donors (Lipinski definition) is 3. The molecule has 3 N–H and O–H groups in total. The number of aliphatic hydroxyl groups excluding tert-OH is 1. The van der Waals surface area contributed by atoms with E-state index in [2.05, 4.69) is 10.6 Å². The summed E-state index contributed by atoms with van der Waals surface area (Å²) in [6.45, 7) is 8.50. The fraction of sp³-hybridized carbons (Fsp3) is 0.417. The Morgan fingerprint density at radius 1 is 0.889 bits per heavy atom. The van der Waals surface area contributed by atoms with Crippen molar-refractivity contribution in [1.82, 2.24) is 10.6 Å². The molecule has 2 saturated heterocycles. The zero-order chi connectivity index (χ0) is 45.4. The highest BCUT2D eigenvalue weighted by Crippen LogP contribution is 2.47. The lowest BCUT2D eigenvalue weighted by Crippen LogP contribution is -2.44. The molecule has 2 fully saturated rings. The average molecular weight is 867 g/mol. The Labute approximate surface area is 366 Å². The molecule has 6 rings (SSSR count). The topological polar surface area (TPSA) is 202 Å². The molecule has 0 saturated carbocycles. The van der Waals surface area contributed by atoms with Gasteiger partial charge >= 0.3 is 23.9 Å². The molecular weight excluding hydrogens is 813 g/mol. The van der Waals surface area contributed by atoms with E-state index in [0.29, 0.717) is 16.7 Å². The lowest BCUT2D eigenvalue weighted by molar-refractivity contribution is -0.159. The van der Waals surface area contributed by atoms with Crippen molar-refractivity contribution in [3.8, 4) is 0 Å². The van der Waals surface area contributed by atoms with Crippen molar-refractivity contribution < 1.29 is 62.3 Å². The van der Waals surface area contributed by atoms with Crippen LogP contribution in [0.25, 0.3) is 6.08 Å². The van der Waals surface area contributed by atoms with Gasteiger partial charge in [0.25, 0.3) is 0 Å². The van der Waals surface area contributed by atoms with E-state index in [9.17, 15) is 33.9 Å². The van der Waals surface area contributed by atoms with Gasteiger partial charge in [-0.1, -0.05) is 86.6 Å². The number of carbonyl (C=O) groups excluding carboxylic acids is 6. The van der Waals surface area contributed by atoms with Crippen molar-refractivity contribution in [2.45, 2.75) is 102 Å². The normalized spacial score (nSPS) is 21.6. The molecule has 5 atom stereocenters. The summed E-state index contributed by atoms with van der Waals surface area (Å²) in [4.78, 5) is 77.0. The Hall–Kier alpha value is -6.16. The van der Waals surface area contributed by atoms with Crippen LogP contribution in [0.2, 0.25) is 0 Å². The summed E-state index contributed by atoms with van der Waals surface area (Å²) in [7, 11) is 0. The maximum absolute atomic E-state index is 13.8. The second-order valence-corrected chi connectivity index (χ2v) is 17.3. The van der Waals surface area contributed by atoms with Gasteiger partial charge in [-0.05, 0) is 57.0 Å². The van der Waals surface area contributed by atoms with E-state index >= 15 is 0 Å². The van der Waals surface area contributed by atoms with Crippen LogP contribution < -0.4 is 10.6 Å². The van der Waals surface area contributed by atoms with Crippen molar-refractivity contribution in [3.63, 3.8) is 0 Å². The largest absolute Gasteiger partial charge is 0.462 e. The smallest absolute Gasteiger partial charge is 0.348 e. The summed E-state index contributed by atoms with van der Waals surface area (Å²) in [5.74, 6) is -4.82. The Kier molecular flexibility index (Phi) is 14.6. The number of fused-ring (bicyclic) bond motifs is 1. The first kappa shape index (κ1) is 46.3. The van der Waals surface area contributed by atoms with E-state index in [1.54, 1.807) is 52.8 Å². The summed E-state index contributed by atoms with van der Waals surface area (Å²) in [5.41, 5.74) is 1.08. The van der Waals surface area contributed by atoms with Crippen molar-refractivity contribution in [2.75, 3.05) is 19.8 Å². The number of hydrogen-bond acceptors (Lipinski definition) is 13. The Morgan fingerprint density at radius 3 is 2.13 bits per heavy atom. The summed E-state index contributed by atoms with van der Waals surface area (Å²) >= 11 is 0. The van der Waals surface area contributed by atoms with E-state index in [1.807, 2.05) is 60.7 Å². The molecule has 0 radical (unpaired) electrons. The number of carbonyl (C=O) groups is 6. The Balaban J connectivity index is 1.14. The SMILES string of the molecule is CC(C)(C)OC(=O)CCC(CO)NC(=O)CCNC(=O)C1=CC2OC(c3ccccc3)(c3ccccc3)OC2C(OC(=O)c2ccc(C=CC(=O)OC3C(=O)OCC3(C)C)cc2)C1. The van der Waals surface area contributed by atoms with Crippen molar-refractivity contribution >= 4 is 41.8 Å². The molecule has 334 valence electrons. The van der Waals surface area contributed by atoms with E-state index in [-0.39, 0.29) is 56.6 Å². The van der Waals surface area contributed by atoms with Gasteiger partial charge in [0.15, 0.2) is 0 Å². The van der Waals surface area contributed by atoms with E-state index in [4.69, 9.17) is 28.4 Å². The van der Waals surface area contributed by atoms with Crippen LogP contribution in [0.15, 0.2) is 103 Å². The quantitative estimate of drug-likeness (QED) is 0.100. The highest BCUT2D eigenvalue weighted by Gasteiger charge is 2.55. The van der Waals surface area contributed by atoms with Gasteiger partial charge in [-0.3, -0.25) is 14.4 Å². The van der Waals surface area contributed by atoms with Gasteiger partial charge in [-0.15, -0.1) is 0 Å². The molecule has 3 aromatic rings. The fourth-order valence-electron chi connectivity index (χ4n) is 7.38. The Bertz CT molecular complexity index is 2160. The molecule has 5 unspecified atom stereocenters. The number of rotatable bonds is 16. The first-order valence-corrected chi connectivity index (χ1v) is 20.9. The minimum atomic E-state index is -1.42. The first-order chi connectivity index (χ1) is 30.0. The maximum atomic E-state index is 13.8. The number of nitrogens with one attached hydrogen (secondary N) is 2. The molecule has 2 heterocycles. The molecule has 0 aromatic heterocycles. The number of esters is 4. The van der Waals surface area contributed by atoms with Crippen LogP contribution in [0.3, 0.4) is 0 Å². The molecular formula is C48H54N2O13. The van der Waals surface area contributed by atoms with Gasteiger partial charge in [-0.2, -0.15) is 0 Å². The van der Waals surface area contributed by atoms with Crippen molar-refractivity contribution in [1.29, 1.82) is 0 Å². The van der Waals surface area contributed by atoms with Gasteiger partial charge in [0.2, 0.25) is 23.7 Å². The molecule has 15 heteroatoms. The highest BCUT2D eigenvalue weighted by atomic mass is 16.8. The number of cyclic esters (lactones) is 1. The van der Waals surface area contributed by atoms with Crippen LogP contribution in [0.1, 0.15) is 87.4 Å². The summed E-state index contributed by atoms with van der Waals surface area (Å²) in [6.07, 6.45) is 0.641. The lowest BCUT2D eigenvalue weighted by Gasteiger charge is -2.31.